The molecule has 2 atom stereocenters. The molecule has 1 unspecified atom stereocenters. The SMILES string of the molecule is C[C@@H](NC(=O)c1nn(-c2ccc(Cl)cc2Cl)c2c1CS(=O)CC2=Cc1ccc(F)cc1)c1ccccc1. The number of rotatable bonds is 5. The van der Waals surface area contributed by atoms with E-state index >= 15 is 0 Å². The first-order chi connectivity index (χ1) is 17.8. The fourth-order valence-corrected chi connectivity index (χ4v) is 6.09. The Morgan fingerprint density at radius 1 is 1.08 bits per heavy atom. The highest BCUT2D eigenvalue weighted by Gasteiger charge is 2.32. The molecule has 5 rings (SSSR count). The zero-order valence-corrected chi connectivity index (χ0v) is 22.1. The summed E-state index contributed by atoms with van der Waals surface area (Å²) in [6.07, 6.45) is 1.84. The fraction of sp³-hybridized carbons (Fsp3) is 0.143. The van der Waals surface area contributed by atoms with Gasteiger partial charge < -0.3 is 5.32 Å². The molecule has 37 heavy (non-hydrogen) atoms. The third kappa shape index (κ3) is 5.39. The largest absolute Gasteiger partial charge is 0.344 e. The Morgan fingerprint density at radius 3 is 2.51 bits per heavy atom. The van der Waals surface area contributed by atoms with E-state index < -0.39 is 10.8 Å². The number of carbonyl (C=O) groups is 1. The zero-order valence-electron chi connectivity index (χ0n) is 19.8. The Labute approximate surface area is 226 Å². The van der Waals surface area contributed by atoms with Gasteiger partial charge in [-0.1, -0.05) is 65.7 Å². The standard InChI is InChI=1S/C28H22Cl2FN3O2S/c1-17(19-5-3-2-4-6-19)32-28(35)26-23-16-37(36)15-20(13-18-7-10-22(31)11-8-18)27(23)34(33-26)25-12-9-21(29)14-24(25)30/h2-14,17H,15-16H2,1H3,(H,32,35)/t17-,37?/m1/s1. The minimum atomic E-state index is -1.27. The molecule has 0 aliphatic carbocycles. The summed E-state index contributed by atoms with van der Waals surface area (Å²) < 4.78 is 28.1. The van der Waals surface area contributed by atoms with Crippen molar-refractivity contribution in [3.05, 3.63) is 117 Å². The Balaban J connectivity index is 1.65. The first kappa shape index (κ1) is 25.4. The van der Waals surface area contributed by atoms with Gasteiger partial charge in [0.25, 0.3) is 5.91 Å². The van der Waals surface area contributed by atoms with Crippen LogP contribution in [0.25, 0.3) is 17.3 Å². The van der Waals surface area contributed by atoms with Gasteiger partial charge in [-0.2, -0.15) is 5.10 Å². The summed E-state index contributed by atoms with van der Waals surface area (Å²) in [7, 11) is -1.27. The normalized spacial score (nSPS) is 16.9. The third-order valence-electron chi connectivity index (χ3n) is 6.12. The molecule has 0 saturated heterocycles. The fourth-order valence-electron chi connectivity index (χ4n) is 4.34. The number of halogens is 3. The van der Waals surface area contributed by atoms with Crippen LogP contribution in [0.4, 0.5) is 4.39 Å². The van der Waals surface area contributed by atoms with E-state index in [0.29, 0.717) is 32.6 Å². The molecule has 9 heteroatoms. The molecule has 1 aliphatic rings. The van der Waals surface area contributed by atoms with Gasteiger partial charge in [-0.15, -0.1) is 0 Å². The van der Waals surface area contributed by atoms with Crippen molar-refractivity contribution in [2.24, 2.45) is 0 Å². The van der Waals surface area contributed by atoms with Crippen LogP contribution in [0, 0.1) is 5.82 Å². The van der Waals surface area contributed by atoms with Crippen LogP contribution in [-0.4, -0.2) is 25.6 Å². The maximum atomic E-state index is 13.5. The molecule has 0 fully saturated rings. The van der Waals surface area contributed by atoms with E-state index in [2.05, 4.69) is 10.4 Å². The molecule has 1 aliphatic heterocycles. The van der Waals surface area contributed by atoms with E-state index in [-0.39, 0.29) is 35.0 Å². The summed E-state index contributed by atoms with van der Waals surface area (Å²) in [4.78, 5) is 13.5. The molecule has 2 heterocycles. The topological polar surface area (TPSA) is 64.0 Å². The number of hydrogen-bond acceptors (Lipinski definition) is 3. The predicted octanol–water partition coefficient (Wildman–Crippen LogP) is 6.61. The second-order valence-electron chi connectivity index (χ2n) is 8.74. The molecule has 188 valence electrons. The molecule has 0 saturated carbocycles. The monoisotopic (exact) mass is 553 g/mol. The van der Waals surface area contributed by atoms with Gasteiger partial charge in [-0.25, -0.2) is 9.07 Å². The summed E-state index contributed by atoms with van der Waals surface area (Å²) in [5, 5.41) is 8.51. The van der Waals surface area contributed by atoms with Crippen molar-refractivity contribution in [3.63, 3.8) is 0 Å². The van der Waals surface area contributed by atoms with Crippen LogP contribution in [0.3, 0.4) is 0 Å². The van der Waals surface area contributed by atoms with Gasteiger partial charge in [-0.05, 0) is 60.0 Å². The first-order valence-electron chi connectivity index (χ1n) is 11.5. The number of carbonyl (C=O) groups excluding carboxylic acids is 1. The third-order valence-corrected chi connectivity index (χ3v) is 7.90. The van der Waals surface area contributed by atoms with E-state index in [1.54, 1.807) is 35.0 Å². The maximum Gasteiger partial charge on any atom is 0.272 e. The Hall–Kier alpha value is -3.26. The van der Waals surface area contributed by atoms with Crippen LogP contribution >= 0.6 is 23.2 Å². The van der Waals surface area contributed by atoms with Gasteiger partial charge in [0.2, 0.25) is 0 Å². The molecule has 0 bridgehead atoms. The lowest BCUT2D eigenvalue weighted by Gasteiger charge is -2.19. The lowest BCUT2D eigenvalue weighted by atomic mass is 10.0. The molecule has 0 spiro atoms. The molecular formula is C28H22Cl2FN3O2S. The average molecular weight is 554 g/mol. The first-order valence-corrected chi connectivity index (χ1v) is 13.8. The number of fused-ring (bicyclic) bond motifs is 1. The zero-order chi connectivity index (χ0) is 26.1. The lowest BCUT2D eigenvalue weighted by Crippen LogP contribution is -2.28. The van der Waals surface area contributed by atoms with E-state index in [0.717, 1.165) is 11.1 Å². The van der Waals surface area contributed by atoms with Crippen LogP contribution in [0.2, 0.25) is 10.0 Å². The van der Waals surface area contributed by atoms with Gasteiger partial charge in [0.15, 0.2) is 5.69 Å². The van der Waals surface area contributed by atoms with Gasteiger partial charge in [0.05, 0.1) is 34.0 Å². The highest BCUT2D eigenvalue weighted by Crippen LogP contribution is 2.36. The van der Waals surface area contributed by atoms with Gasteiger partial charge >= 0.3 is 0 Å². The quantitative estimate of drug-likeness (QED) is 0.302. The molecule has 5 nitrogen and oxygen atoms in total. The highest BCUT2D eigenvalue weighted by atomic mass is 35.5. The van der Waals surface area contributed by atoms with Crippen molar-refractivity contribution >= 4 is 51.6 Å². The van der Waals surface area contributed by atoms with Gasteiger partial charge in [0, 0.05) is 21.4 Å². The maximum absolute atomic E-state index is 13.5. The van der Waals surface area contributed by atoms with E-state index in [1.165, 1.54) is 12.1 Å². The Morgan fingerprint density at radius 2 is 1.81 bits per heavy atom. The second-order valence-corrected chi connectivity index (χ2v) is 11.0. The van der Waals surface area contributed by atoms with Crippen molar-refractivity contribution in [1.29, 1.82) is 0 Å². The predicted molar refractivity (Wildman–Crippen MR) is 147 cm³/mol. The van der Waals surface area contributed by atoms with Crippen molar-refractivity contribution in [1.82, 2.24) is 15.1 Å². The minimum Gasteiger partial charge on any atom is -0.344 e. The van der Waals surface area contributed by atoms with Gasteiger partial charge in [-0.3, -0.25) is 9.00 Å². The van der Waals surface area contributed by atoms with Gasteiger partial charge in [0.1, 0.15) is 5.82 Å². The number of amides is 1. The molecule has 4 aromatic rings. The Kier molecular flexibility index (Phi) is 7.29. The number of aromatic nitrogens is 2. The molecule has 0 radical (unpaired) electrons. The average Bonchev–Trinajstić information content (AvgIpc) is 3.25. The second kappa shape index (κ2) is 10.6. The number of nitrogens with zero attached hydrogens (tertiary/aromatic N) is 2. The van der Waals surface area contributed by atoms with Crippen LogP contribution in [0.15, 0.2) is 72.8 Å². The van der Waals surface area contributed by atoms with E-state index in [9.17, 15) is 13.4 Å². The van der Waals surface area contributed by atoms with Crippen molar-refractivity contribution in [2.75, 3.05) is 5.75 Å². The summed E-state index contributed by atoms with van der Waals surface area (Å²) in [6.45, 7) is 1.89. The van der Waals surface area contributed by atoms with E-state index in [1.807, 2.05) is 43.3 Å². The minimum absolute atomic E-state index is 0.170. The van der Waals surface area contributed by atoms with E-state index in [4.69, 9.17) is 23.2 Å². The van der Waals surface area contributed by atoms with Crippen molar-refractivity contribution in [2.45, 2.75) is 18.7 Å². The summed E-state index contributed by atoms with van der Waals surface area (Å²) >= 11 is 12.7. The van der Waals surface area contributed by atoms with Crippen LogP contribution in [-0.2, 0) is 16.6 Å². The number of nitrogens with one attached hydrogen (secondary N) is 1. The van der Waals surface area contributed by atoms with Crippen molar-refractivity contribution < 1.29 is 13.4 Å². The van der Waals surface area contributed by atoms with Crippen LogP contribution < -0.4 is 5.32 Å². The lowest BCUT2D eigenvalue weighted by molar-refractivity contribution is 0.0933. The van der Waals surface area contributed by atoms with Crippen LogP contribution in [0.1, 0.15) is 45.8 Å². The molecule has 1 aromatic heterocycles. The van der Waals surface area contributed by atoms with Crippen LogP contribution in [0.5, 0.6) is 0 Å². The molecular weight excluding hydrogens is 532 g/mol. The number of hydrogen-bond donors (Lipinski definition) is 1. The smallest absolute Gasteiger partial charge is 0.272 e. The molecule has 3 aromatic carbocycles. The number of benzene rings is 3. The summed E-state index contributed by atoms with van der Waals surface area (Å²) in [5.41, 5.74) is 4.33. The molecule has 1 N–H and O–H groups in total. The highest BCUT2D eigenvalue weighted by molar-refractivity contribution is 7.84. The summed E-state index contributed by atoms with van der Waals surface area (Å²) in [5.74, 6) is -0.303. The molecule has 1 amide bonds. The summed E-state index contributed by atoms with van der Waals surface area (Å²) in [6, 6.07) is 20.4. The Bertz CT molecular complexity index is 1540. The van der Waals surface area contributed by atoms with Crippen molar-refractivity contribution in [3.8, 4) is 5.69 Å².